The number of rotatable bonds is 5. The minimum absolute atomic E-state index is 0.205. The summed E-state index contributed by atoms with van der Waals surface area (Å²) in [5, 5.41) is 0. The van der Waals surface area contributed by atoms with Crippen LogP contribution in [0.1, 0.15) is 24.0 Å². The fraction of sp³-hybridized carbons (Fsp3) is 0.538. The molecule has 1 aromatic rings. The molecule has 1 saturated carbocycles. The zero-order valence-corrected chi connectivity index (χ0v) is 10.1. The van der Waals surface area contributed by atoms with Gasteiger partial charge in [0.1, 0.15) is 0 Å². The molecule has 0 radical (unpaired) electrons. The Hall–Kier alpha value is -0.900. The Morgan fingerprint density at radius 2 is 2.12 bits per heavy atom. The van der Waals surface area contributed by atoms with Crippen molar-refractivity contribution in [2.75, 3.05) is 20.7 Å². The molecule has 0 spiro atoms. The monoisotopic (exact) mass is 220 g/mol. The van der Waals surface area contributed by atoms with E-state index in [9.17, 15) is 0 Å². The van der Waals surface area contributed by atoms with Gasteiger partial charge in [-0.15, -0.1) is 0 Å². The van der Waals surface area contributed by atoms with Gasteiger partial charge in [-0.2, -0.15) is 0 Å². The van der Waals surface area contributed by atoms with E-state index in [1.165, 1.54) is 24.0 Å². The van der Waals surface area contributed by atoms with Crippen LogP contribution in [0.3, 0.4) is 0 Å². The van der Waals surface area contributed by atoms with Gasteiger partial charge in [0.05, 0.1) is 6.61 Å². The highest BCUT2D eigenvalue weighted by molar-refractivity contribution is 5.34. The first-order chi connectivity index (χ1) is 7.66. The zero-order valence-electron chi connectivity index (χ0n) is 10.1. The predicted molar refractivity (Wildman–Crippen MR) is 64.9 cm³/mol. The van der Waals surface area contributed by atoms with Crippen LogP contribution in [0.15, 0.2) is 24.3 Å². The third-order valence-corrected chi connectivity index (χ3v) is 3.25. The van der Waals surface area contributed by atoms with Crippen molar-refractivity contribution < 1.29 is 4.84 Å². The van der Waals surface area contributed by atoms with E-state index in [2.05, 4.69) is 43.3 Å². The van der Waals surface area contributed by atoms with Gasteiger partial charge >= 0.3 is 0 Å². The Balaban J connectivity index is 2.16. The molecule has 88 valence electrons. The topological polar surface area (TPSA) is 38.5 Å². The summed E-state index contributed by atoms with van der Waals surface area (Å²) in [7, 11) is 4.17. The van der Waals surface area contributed by atoms with E-state index in [1.807, 2.05) is 0 Å². The molecular formula is C13H20N2O. The second-order valence-electron chi connectivity index (χ2n) is 5.03. The van der Waals surface area contributed by atoms with E-state index in [4.69, 9.17) is 10.7 Å². The summed E-state index contributed by atoms with van der Waals surface area (Å²) < 4.78 is 0. The van der Waals surface area contributed by atoms with Crippen molar-refractivity contribution in [1.29, 1.82) is 0 Å². The van der Waals surface area contributed by atoms with Crippen molar-refractivity contribution >= 4 is 0 Å². The lowest BCUT2D eigenvalue weighted by Crippen LogP contribution is -2.18. The van der Waals surface area contributed by atoms with Crippen LogP contribution in [-0.4, -0.2) is 25.6 Å². The molecule has 1 aromatic carbocycles. The van der Waals surface area contributed by atoms with Crippen LogP contribution in [0.4, 0.5) is 0 Å². The molecule has 0 bridgehead atoms. The Kier molecular flexibility index (Phi) is 3.28. The smallest absolute Gasteiger partial charge is 0.0775 e. The summed E-state index contributed by atoms with van der Waals surface area (Å²) in [4.78, 5) is 7.01. The fourth-order valence-electron chi connectivity index (χ4n) is 2.19. The van der Waals surface area contributed by atoms with Crippen molar-refractivity contribution in [3.8, 4) is 0 Å². The summed E-state index contributed by atoms with van der Waals surface area (Å²) >= 11 is 0. The van der Waals surface area contributed by atoms with Crippen molar-refractivity contribution in [2.45, 2.75) is 24.8 Å². The fourth-order valence-corrected chi connectivity index (χ4v) is 2.19. The summed E-state index contributed by atoms with van der Waals surface area (Å²) in [6.07, 6.45) is 2.38. The van der Waals surface area contributed by atoms with Gasteiger partial charge in [-0.25, -0.2) is 5.90 Å². The van der Waals surface area contributed by atoms with Crippen LogP contribution >= 0.6 is 0 Å². The maximum Gasteiger partial charge on any atom is 0.0775 e. The lowest BCUT2D eigenvalue weighted by Gasteiger charge is -2.16. The van der Waals surface area contributed by atoms with E-state index in [0.717, 1.165) is 6.54 Å². The first-order valence-corrected chi connectivity index (χ1v) is 5.72. The van der Waals surface area contributed by atoms with E-state index >= 15 is 0 Å². The Morgan fingerprint density at radius 3 is 2.69 bits per heavy atom. The molecule has 0 aromatic heterocycles. The Morgan fingerprint density at radius 1 is 1.38 bits per heavy atom. The van der Waals surface area contributed by atoms with Crippen molar-refractivity contribution in [3.63, 3.8) is 0 Å². The van der Waals surface area contributed by atoms with Gasteiger partial charge in [-0.05, 0) is 38.1 Å². The van der Waals surface area contributed by atoms with Crippen LogP contribution in [-0.2, 0) is 16.8 Å². The maximum atomic E-state index is 5.20. The van der Waals surface area contributed by atoms with E-state index < -0.39 is 0 Å². The second kappa shape index (κ2) is 4.53. The Bertz CT molecular complexity index is 359. The molecule has 3 heteroatoms. The Labute approximate surface area is 97.1 Å². The van der Waals surface area contributed by atoms with Gasteiger partial charge in [0.2, 0.25) is 0 Å². The molecule has 16 heavy (non-hydrogen) atoms. The molecule has 1 fully saturated rings. The predicted octanol–water partition coefficient (Wildman–Crippen LogP) is 1.67. The molecule has 0 atom stereocenters. The summed E-state index contributed by atoms with van der Waals surface area (Å²) in [5.41, 5.74) is 2.93. The zero-order chi connectivity index (χ0) is 11.6. The standard InChI is InChI=1S/C13H20N2O/c1-15(2)9-11-4-3-5-12(8-11)13(6-7-13)10-16-14/h3-5,8H,6-7,9-10,14H2,1-2H3. The molecule has 1 aliphatic carbocycles. The van der Waals surface area contributed by atoms with Crippen LogP contribution in [0.25, 0.3) is 0 Å². The van der Waals surface area contributed by atoms with Crippen molar-refractivity contribution in [1.82, 2.24) is 4.90 Å². The molecule has 0 heterocycles. The average molecular weight is 220 g/mol. The number of benzene rings is 1. The van der Waals surface area contributed by atoms with Gasteiger partial charge in [0.15, 0.2) is 0 Å². The van der Waals surface area contributed by atoms with E-state index in [0.29, 0.717) is 6.61 Å². The highest BCUT2D eigenvalue weighted by atomic mass is 16.6. The minimum atomic E-state index is 0.205. The number of hydrogen-bond donors (Lipinski definition) is 1. The number of nitrogens with zero attached hydrogens (tertiary/aromatic N) is 1. The molecular weight excluding hydrogens is 200 g/mol. The summed E-state index contributed by atoms with van der Waals surface area (Å²) in [6, 6.07) is 8.77. The van der Waals surface area contributed by atoms with Crippen molar-refractivity contribution in [2.24, 2.45) is 5.90 Å². The van der Waals surface area contributed by atoms with Gasteiger partial charge < -0.3 is 9.74 Å². The number of hydrogen-bond acceptors (Lipinski definition) is 3. The normalized spacial score (nSPS) is 17.8. The number of nitrogens with two attached hydrogens (primary N) is 1. The second-order valence-corrected chi connectivity index (χ2v) is 5.03. The quantitative estimate of drug-likeness (QED) is 0.767. The minimum Gasteiger partial charge on any atom is -0.305 e. The highest BCUT2D eigenvalue weighted by Crippen LogP contribution is 2.48. The van der Waals surface area contributed by atoms with Crippen LogP contribution in [0.2, 0.25) is 0 Å². The lowest BCUT2D eigenvalue weighted by atomic mass is 9.95. The summed E-state index contributed by atoms with van der Waals surface area (Å²) in [5.74, 6) is 5.20. The van der Waals surface area contributed by atoms with Gasteiger partial charge in [-0.1, -0.05) is 24.3 Å². The third kappa shape index (κ3) is 2.43. The summed E-state index contributed by atoms with van der Waals surface area (Å²) in [6.45, 7) is 1.62. The first-order valence-electron chi connectivity index (χ1n) is 5.72. The van der Waals surface area contributed by atoms with Crippen molar-refractivity contribution in [3.05, 3.63) is 35.4 Å². The average Bonchev–Trinajstić information content (AvgIpc) is 2.99. The van der Waals surface area contributed by atoms with Gasteiger partial charge in [0, 0.05) is 12.0 Å². The molecule has 0 saturated heterocycles. The molecule has 0 unspecified atom stereocenters. The van der Waals surface area contributed by atoms with Crippen LogP contribution in [0, 0.1) is 0 Å². The van der Waals surface area contributed by atoms with E-state index in [1.54, 1.807) is 0 Å². The molecule has 1 aliphatic rings. The molecule has 2 rings (SSSR count). The highest BCUT2D eigenvalue weighted by Gasteiger charge is 2.44. The first kappa shape index (κ1) is 11.6. The molecule has 3 nitrogen and oxygen atoms in total. The molecule has 0 amide bonds. The molecule has 2 N–H and O–H groups in total. The maximum absolute atomic E-state index is 5.20. The van der Waals surface area contributed by atoms with E-state index in [-0.39, 0.29) is 5.41 Å². The van der Waals surface area contributed by atoms with Crippen LogP contribution < -0.4 is 5.90 Å². The van der Waals surface area contributed by atoms with Gasteiger partial charge in [-0.3, -0.25) is 0 Å². The molecule has 0 aliphatic heterocycles. The van der Waals surface area contributed by atoms with Gasteiger partial charge in [0.25, 0.3) is 0 Å². The largest absolute Gasteiger partial charge is 0.305 e. The third-order valence-electron chi connectivity index (χ3n) is 3.25. The van der Waals surface area contributed by atoms with Crippen LogP contribution in [0.5, 0.6) is 0 Å². The SMILES string of the molecule is CN(C)Cc1cccc(C2(CON)CC2)c1. The lowest BCUT2D eigenvalue weighted by molar-refractivity contribution is 0.116.